The molecule has 0 saturated heterocycles. The summed E-state index contributed by atoms with van der Waals surface area (Å²) in [4.78, 5) is 12.4. The molecule has 0 aromatic carbocycles. The molecular weight excluding hydrogens is 254 g/mol. The first-order valence-electron chi connectivity index (χ1n) is 5.64. The molecule has 0 fully saturated rings. The van der Waals surface area contributed by atoms with E-state index in [0.29, 0.717) is 10.6 Å². The summed E-state index contributed by atoms with van der Waals surface area (Å²) in [6, 6.07) is 0. The topological polar surface area (TPSA) is 84.3 Å². The summed E-state index contributed by atoms with van der Waals surface area (Å²) in [5, 5.41) is 16.1. The van der Waals surface area contributed by atoms with Crippen LogP contribution in [0.1, 0.15) is 36.1 Å². The fourth-order valence-electron chi connectivity index (χ4n) is 1.37. The van der Waals surface area contributed by atoms with Crippen molar-refractivity contribution < 1.29 is 14.6 Å². The van der Waals surface area contributed by atoms with Crippen LogP contribution in [0.25, 0.3) is 0 Å². The van der Waals surface area contributed by atoms with E-state index >= 15 is 0 Å². The number of carbonyl (C=O) groups is 1. The van der Waals surface area contributed by atoms with Crippen LogP contribution in [0.5, 0.6) is 0 Å². The maximum atomic E-state index is 11.9. The van der Waals surface area contributed by atoms with Gasteiger partial charge in [0.25, 0.3) is 5.91 Å². The lowest BCUT2D eigenvalue weighted by molar-refractivity contribution is 0.0610. The molecule has 102 valence electrons. The number of aliphatic hydroxyl groups excluding tert-OH is 1. The van der Waals surface area contributed by atoms with Crippen LogP contribution in [0.3, 0.4) is 0 Å². The fraction of sp³-hybridized carbons (Fsp3) is 0.727. The Labute approximate surface area is 111 Å². The quantitative estimate of drug-likeness (QED) is 0.819. The van der Waals surface area contributed by atoms with Gasteiger partial charge in [0.05, 0.1) is 18.4 Å². The van der Waals surface area contributed by atoms with E-state index < -0.39 is 6.10 Å². The van der Waals surface area contributed by atoms with Crippen molar-refractivity contribution in [2.24, 2.45) is 0 Å². The van der Waals surface area contributed by atoms with Crippen molar-refractivity contribution in [3.63, 3.8) is 0 Å². The number of nitrogens with one attached hydrogen (secondary N) is 1. The Morgan fingerprint density at radius 2 is 2.22 bits per heavy atom. The molecule has 1 heterocycles. The van der Waals surface area contributed by atoms with E-state index in [4.69, 9.17) is 4.74 Å². The third kappa shape index (κ3) is 4.01. The molecule has 0 saturated carbocycles. The molecule has 18 heavy (non-hydrogen) atoms. The van der Waals surface area contributed by atoms with Crippen LogP contribution in [0, 0.1) is 0 Å². The molecule has 0 aliphatic heterocycles. The number of aliphatic hydroxyl groups is 1. The molecule has 1 rings (SSSR count). The summed E-state index contributed by atoms with van der Waals surface area (Å²) in [7, 11) is 1.50. The maximum Gasteiger partial charge on any atom is 0.265 e. The van der Waals surface area contributed by atoms with E-state index in [1.165, 1.54) is 7.11 Å². The second-order valence-electron chi connectivity index (χ2n) is 5.02. The zero-order valence-corrected chi connectivity index (χ0v) is 11.9. The highest BCUT2D eigenvalue weighted by Gasteiger charge is 2.26. The Morgan fingerprint density at radius 1 is 1.56 bits per heavy atom. The van der Waals surface area contributed by atoms with E-state index in [1.807, 2.05) is 20.8 Å². The number of methoxy groups -OCH3 is 1. The molecule has 0 radical (unpaired) electrons. The zero-order valence-electron chi connectivity index (χ0n) is 11.1. The van der Waals surface area contributed by atoms with Crippen LogP contribution in [0.4, 0.5) is 0 Å². The minimum Gasteiger partial charge on any atom is -0.389 e. The summed E-state index contributed by atoms with van der Waals surface area (Å²) in [5.74, 6) is -0.259. The third-order valence-electron chi connectivity index (χ3n) is 2.26. The summed E-state index contributed by atoms with van der Waals surface area (Å²) < 4.78 is 8.60. The van der Waals surface area contributed by atoms with Gasteiger partial charge in [-0.1, -0.05) is 25.3 Å². The summed E-state index contributed by atoms with van der Waals surface area (Å²) >= 11 is 1.06. The highest BCUT2D eigenvalue weighted by atomic mass is 32.1. The van der Waals surface area contributed by atoms with Gasteiger partial charge in [-0.05, 0) is 11.5 Å². The van der Waals surface area contributed by atoms with E-state index in [-0.39, 0.29) is 24.5 Å². The lowest BCUT2D eigenvalue weighted by atomic mass is 9.91. The van der Waals surface area contributed by atoms with E-state index in [1.54, 1.807) is 0 Å². The molecule has 0 aliphatic rings. The zero-order chi connectivity index (χ0) is 13.8. The summed E-state index contributed by atoms with van der Waals surface area (Å²) in [5.41, 5.74) is 0.441. The fourth-order valence-corrected chi connectivity index (χ4v) is 2.17. The number of hydrogen-bond acceptors (Lipinski definition) is 6. The van der Waals surface area contributed by atoms with E-state index in [2.05, 4.69) is 14.9 Å². The Hall–Kier alpha value is -1.05. The van der Waals surface area contributed by atoms with Gasteiger partial charge in [-0.15, -0.1) is 5.10 Å². The average Bonchev–Trinajstić information content (AvgIpc) is 2.74. The summed E-state index contributed by atoms with van der Waals surface area (Å²) in [6.45, 7) is 6.25. The molecule has 1 aromatic heterocycles. The van der Waals surface area contributed by atoms with Crippen molar-refractivity contribution in [1.29, 1.82) is 0 Å². The van der Waals surface area contributed by atoms with Crippen molar-refractivity contribution in [1.82, 2.24) is 14.9 Å². The van der Waals surface area contributed by atoms with E-state index in [9.17, 15) is 9.90 Å². The Bertz CT molecular complexity index is 400. The molecule has 6 nitrogen and oxygen atoms in total. The van der Waals surface area contributed by atoms with Crippen molar-refractivity contribution in [3.8, 4) is 0 Å². The van der Waals surface area contributed by atoms with Gasteiger partial charge in [0, 0.05) is 19.1 Å². The molecule has 1 atom stereocenters. The first kappa shape index (κ1) is 15.0. The lowest BCUT2D eigenvalue weighted by Crippen LogP contribution is -2.35. The van der Waals surface area contributed by atoms with Crippen LogP contribution in [0.2, 0.25) is 0 Å². The number of amides is 1. The van der Waals surface area contributed by atoms with Gasteiger partial charge in [-0.3, -0.25) is 4.79 Å². The predicted octanol–water partition coefficient (Wildman–Crippen LogP) is 0.573. The lowest BCUT2D eigenvalue weighted by Gasteiger charge is -2.16. The number of hydrogen-bond donors (Lipinski definition) is 2. The number of rotatable bonds is 5. The highest BCUT2D eigenvalue weighted by Crippen LogP contribution is 2.25. The Morgan fingerprint density at radius 3 is 2.78 bits per heavy atom. The number of ether oxygens (including phenoxy) is 1. The first-order chi connectivity index (χ1) is 8.36. The van der Waals surface area contributed by atoms with Crippen LogP contribution in [-0.4, -0.2) is 47.0 Å². The van der Waals surface area contributed by atoms with Crippen molar-refractivity contribution in [2.45, 2.75) is 32.3 Å². The molecule has 0 spiro atoms. The molecular formula is C11H19N3O3S. The Balaban J connectivity index is 2.65. The van der Waals surface area contributed by atoms with Gasteiger partial charge < -0.3 is 15.2 Å². The van der Waals surface area contributed by atoms with Gasteiger partial charge in [0.1, 0.15) is 4.88 Å². The number of aromatic nitrogens is 2. The SMILES string of the molecule is COCC(O)CNC(=O)c1snnc1C(C)(C)C. The number of nitrogens with zero attached hydrogens (tertiary/aromatic N) is 2. The maximum absolute atomic E-state index is 11.9. The molecule has 2 N–H and O–H groups in total. The minimum atomic E-state index is -0.710. The van der Waals surface area contributed by atoms with E-state index in [0.717, 1.165) is 11.5 Å². The summed E-state index contributed by atoms with van der Waals surface area (Å²) in [6.07, 6.45) is -0.710. The standard InChI is InChI=1S/C11H19N3O3S/c1-11(2,3)9-8(18-14-13-9)10(16)12-5-7(15)6-17-4/h7,15H,5-6H2,1-4H3,(H,12,16). The highest BCUT2D eigenvalue weighted by molar-refractivity contribution is 7.08. The van der Waals surface area contributed by atoms with Crippen LogP contribution >= 0.6 is 11.5 Å². The van der Waals surface area contributed by atoms with Gasteiger partial charge in [-0.2, -0.15) is 0 Å². The van der Waals surface area contributed by atoms with Crippen LogP contribution < -0.4 is 5.32 Å². The van der Waals surface area contributed by atoms with Gasteiger partial charge >= 0.3 is 0 Å². The predicted molar refractivity (Wildman–Crippen MR) is 68.8 cm³/mol. The second-order valence-corrected chi connectivity index (χ2v) is 5.77. The molecule has 1 aromatic rings. The molecule has 1 amide bonds. The molecule has 0 bridgehead atoms. The molecule has 7 heteroatoms. The van der Waals surface area contributed by atoms with Crippen LogP contribution in [-0.2, 0) is 10.2 Å². The number of carbonyl (C=O) groups excluding carboxylic acids is 1. The smallest absolute Gasteiger partial charge is 0.265 e. The molecule has 1 unspecified atom stereocenters. The van der Waals surface area contributed by atoms with Crippen molar-refractivity contribution >= 4 is 17.4 Å². The normalized spacial score (nSPS) is 13.4. The van der Waals surface area contributed by atoms with Crippen LogP contribution in [0.15, 0.2) is 0 Å². The van der Waals surface area contributed by atoms with Gasteiger partial charge in [0.15, 0.2) is 0 Å². The Kier molecular flexibility index (Phi) is 5.18. The minimum absolute atomic E-state index is 0.147. The average molecular weight is 273 g/mol. The largest absolute Gasteiger partial charge is 0.389 e. The molecule has 0 aliphatic carbocycles. The second kappa shape index (κ2) is 6.21. The third-order valence-corrected chi connectivity index (χ3v) is 2.99. The van der Waals surface area contributed by atoms with Crippen molar-refractivity contribution in [3.05, 3.63) is 10.6 Å². The van der Waals surface area contributed by atoms with Gasteiger partial charge in [-0.25, -0.2) is 0 Å². The first-order valence-corrected chi connectivity index (χ1v) is 6.41. The monoisotopic (exact) mass is 273 g/mol. The van der Waals surface area contributed by atoms with Gasteiger partial charge in [0.2, 0.25) is 0 Å². The van der Waals surface area contributed by atoms with Crippen molar-refractivity contribution in [2.75, 3.05) is 20.3 Å².